The predicted octanol–water partition coefficient (Wildman–Crippen LogP) is 4.70. The highest BCUT2D eigenvalue weighted by Crippen LogP contribution is 2.35. The van der Waals surface area contributed by atoms with E-state index in [9.17, 15) is 13.6 Å². The molecule has 7 heteroatoms. The number of hydrogen-bond donors (Lipinski definition) is 0. The Morgan fingerprint density at radius 3 is 2.90 bits per heavy atom. The van der Waals surface area contributed by atoms with Crippen LogP contribution >= 0.6 is 0 Å². The quantitative estimate of drug-likeness (QED) is 0.543. The molecule has 1 aromatic heterocycles. The second kappa shape index (κ2) is 8.68. The van der Waals surface area contributed by atoms with E-state index in [0.29, 0.717) is 36.1 Å². The van der Waals surface area contributed by atoms with E-state index < -0.39 is 18.0 Å². The average molecular weight is 420 g/mol. The highest BCUT2D eigenvalue weighted by molar-refractivity contribution is 5.93. The lowest BCUT2D eigenvalue weighted by Gasteiger charge is -2.25. The number of carbonyl (C=O) groups excluding carboxylic acids is 1. The summed E-state index contributed by atoms with van der Waals surface area (Å²) < 4.78 is 29.6. The van der Waals surface area contributed by atoms with E-state index in [1.165, 1.54) is 17.0 Å². The number of halogens is 2. The molecule has 158 valence electrons. The third kappa shape index (κ3) is 4.33. The Hall–Kier alpha value is -3.53. The lowest BCUT2D eigenvalue weighted by molar-refractivity contribution is -0.128. The molecule has 2 heterocycles. The smallest absolute Gasteiger partial charge is 0.249 e. The van der Waals surface area contributed by atoms with Gasteiger partial charge >= 0.3 is 0 Å². The van der Waals surface area contributed by atoms with Gasteiger partial charge in [0, 0.05) is 23.9 Å². The van der Waals surface area contributed by atoms with Gasteiger partial charge in [-0.3, -0.25) is 9.48 Å². The van der Waals surface area contributed by atoms with Crippen LogP contribution in [0.4, 0.5) is 8.78 Å². The number of amides is 1. The van der Waals surface area contributed by atoms with Gasteiger partial charge in [-0.25, -0.2) is 8.78 Å². The molecule has 2 atom stereocenters. The van der Waals surface area contributed by atoms with Crippen LogP contribution in [-0.2, 0) is 11.3 Å². The van der Waals surface area contributed by atoms with Gasteiger partial charge < -0.3 is 4.90 Å². The summed E-state index contributed by atoms with van der Waals surface area (Å²) in [6.45, 7) is 4.49. The van der Waals surface area contributed by atoms with Gasteiger partial charge in [-0.2, -0.15) is 10.4 Å². The van der Waals surface area contributed by atoms with E-state index in [2.05, 4.69) is 17.7 Å². The second-order valence-electron chi connectivity index (χ2n) is 7.82. The number of fused-ring (bicyclic) bond motifs is 1. The van der Waals surface area contributed by atoms with Crippen molar-refractivity contribution in [1.82, 2.24) is 14.7 Å². The van der Waals surface area contributed by atoms with Crippen molar-refractivity contribution in [3.63, 3.8) is 0 Å². The number of aromatic nitrogens is 2. The first-order valence-corrected chi connectivity index (χ1v) is 10.2. The molecule has 2 aromatic carbocycles. The summed E-state index contributed by atoms with van der Waals surface area (Å²) in [6.07, 6.45) is 1.81. The zero-order chi connectivity index (χ0) is 22.0. The van der Waals surface area contributed by atoms with Crippen LogP contribution in [0.25, 0.3) is 10.9 Å². The van der Waals surface area contributed by atoms with Crippen LogP contribution in [0.1, 0.15) is 36.4 Å². The third-order valence-corrected chi connectivity index (χ3v) is 5.67. The summed E-state index contributed by atoms with van der Waals surface area (Å²) in [5.74, 6) is -0.697. The molecule has 0 aliphatic carbocycles. The van der Waals surface area contributed by atoms with Crippen molar-refractivity contribution in [3.05, 3.63) is 77.8 Å². The van der Waals surface area contributed by atoms with E-state index in [1.807, 2.05) is 10.7 Å². The molecular formula is C24H22F2N4O. The summed E-state index contributed by atoms with van der Waals surface area (Å²) in [7, 11) is 0. The molecule has 2 unspecified atom stereocenters. The zero-order valence-corrected chi connectivity index (χ0v) is 17.0. The van der Waals surface area contributed by atoms with E-state index in [1.54, 1.807) is 30.5 Å². The number of carbonyl (C=O) groups is 1. The Bertz CT molecular complexity index is 1180. The summed E-state index contributed by atoms with van der Waals surface area (Å²) >= 11 is 0. The maximum absolute atomic E-state index is 14.1. The van der Waals surface area contributed by atoms with E-state index in [-0.39, 0.29) is 18.9 Å². The number of rotatable bonds is 6. The van der Waals surface area contributed by atoms with Crippen LogP contribution in [0, 0.1) is 17.1 Å². The van der Waals surface area contributed by atoms with Gasteiger partial charge in [0.2, 0.25) is 5.91 Å². The second-order valence-corrected chi connectivity index (χ2v) is 7.82. The molecule has 1 fully saturated rings. The zero-order valence-electron chi connectivity index (χ0n) is 17.0. The Balaban J connectivity index is 1.39. The maximum atomic E-state index is 14.1. The third-order valence-electron chi connectivity index (χ3n) is 5.67. The normalized spacial score (nSPS) is 18.3. The van der Waals surface area contributed by atoms with Crippen molar-refractivity contribution >= 4 is 16.8 Å². The minimum atomic E-state index is -1.14. The number of hydrogen-bond acceptors (Lipinski definition) is 3. The lowest BCUT2D eigenvalue weighted by atomic mass is 10.0. The maximum Gasteiger partial charge on any atom is 0.249 e. The lowest BCUT2D eigenvalue weighted by Crippen LogP contribution is -2.32. The number of nitrogens with zero attached hydrogens (tertiary/aromatic N) is 4. The van der Waals surface area contributed by atoms with Crippen LogP contribution in [0.5, 0.6) is 0 Å². The highest BCUT2D eigenvalue weighted by atomic mass is 19.1. The highest BCUT2D eigenvalue weighted by Gasteiger charge is 2.37. The van der Waals surface area contributed by atoms with Crippen LogP contribution in [0.3, 0.4) is 0 Å². The van der Waals surface area contributed by atoms with Crippen molar-refractivity contribution in [2.75, 3.05) is 6.54 Å². The first-order chi connectivity index (χ1) is 15.0. The van der Waals surface area contributed by atoms with Gasteiger partial charge in [-0.15, -0.1) is 0 Å². The van der Waals surface area contributed by atoms with Crippen molar-refractivity contribution in [1.29, 1.82) is 5.26 Å². The summed E-state index contributed by atoms with van der Waals surface area (Å²) in [5, 5.41) is 14.2. The number of nitriles is 1. The number of likely N-dealkylation sites (tertiary alicyclic amines) is 1. The van der Waals surface area contributed by atoms with Crippen molar-refractivity contribution < 1.29 is 13.6 Å². The Morgan fingerprint density at radius 2 is 2.13 bits per heavy atom. The molecule has 0 N–H and O–H groups in total. The van der Waals surface area contributed by atoms with Crippen LogP contribution < -0.4 is 0 Å². The van der Waals surface area contributed by atoms with Gasteiger partial charge in [0.25, 0.3) is 0 Å². The molecule has 1 aliphatic heterocycles. The van der Waals surface area contributed by atoms with Gasteiger partial charge in [0.05, 0.1) is 35.9 Å². The largest absolute Gasteiger partial charge is 0.329 e. The van der Waals surface area contributed by atoms with Crippen molar-refractivity contribution in [3.8, 4) is 6.07 Å². The number of benzene rings is 2. The van der Waals surface area contributed by atoms with Gasteiger partial charge in [-0.1, -0.05) is 18.7 Å². The minimum absolute atomic E-state index is 0.00987. The molecular weight excluding hydrogens is 398 g/mol. The molecule has 0 radical (unpaired) electrons. The molecule has 1 amide bonds. The molecule has 3 aromatic rings. The minimum Gasteiger partial charge on any atom is -0.329 e. The molecule has 1 aliphatic rings. The molecule has 0 bridgehead atoms. The fourth-order valence-corrected chi connectivity index (χ4v) is 4.13. The summed E-state index contributed by atoms with van der Waals surface area (Å²) in [5.41, 5.74) is 2.50. The Labute approximate surface area is 179 Å². The molecule has 0 saturated carbocycles. The van der Waals surface area contributed by atoms with Gasteiger partial charge in [0.15, 0.2) is 0 Å². The standard InChI is InChI=1S/C24H22F2N4O/c1-16(4-3-9-30-22-8-7-17(13-27)10-19(22)14-28-30)24(31)29-15-21(26)12-23(29)18-5-2-6-20(25)11-18/h2,5-8,10-11,14,21,23H,1,3-4,9,12,15H2. The Morgan fingerprint density at radius 1 is 1.29 bits per heavy atom. The predicted molar refractivity (Wildman–Crippen MR) is 113 cm³/mol. The molecule has 0 spiro atoms. The first-order valence-electron chi connectivity index (χ1n) is 10.2. The number of aryl methyl sites for hydroxylation is 1. The fourth-order valence-electron chi connectivity index (χ4n) is 4.13. The van der Waals surface area contributed by atoms with Crippen LogP contribution in [0.2, 0.25) is 0 Å². The average Bonchev–Trinajstić information content (AvgIpc) is 3.36. The summed E-state index contributed by atoms with van der Waals surface area (Å²) in [6, 6.07) is 13.0. The van der Waals surface area contributed by atoms with Crippen molar-refractivity contribution in [2.24, 2.45) is 0 Å². The summed E-state index contributed by atoms with van der Waals surface area (Å²) in [4.78, 5) is 14.4. The molecule has 31 heavy (non-hydrogen) atoms. The SMILES string of the molecule is C=C(CCCn1ncc2cc(C#N)ccc21)C(=O)N1CC(F)CC1c1cccc(F)c1. The topological polar surface area (TPSA) is 61.9 Å². The number of alkyl halides is 1. The van der Waals surface area contributed by atoms with E-state index in [4.69, 9.17) is 5.26 Å². The fraction of sp³-hybridized carbons (Fsp3) is 0.292. The van der Waals surface area contributed by atoms with E-state index in [0.717, 1.165) is 10.9 Å². The van der Waals surface area contributed by atoms with Gasteiger partial charge in [-0.05, 0) is 48.7 Å². The van der Waals surface area contributed by atoms with E-state index >= 15 is 0 Å². The first kappa shape index (κ1) is 20.7. The molecule has 5 nitrogen and oxygen atoms in total. The van der Waals surface area contributed by atoms with Crippen molar-refractivity contribution in [2.45, 2.75) is 38.0 Å². The van der Waals surface area contributed by atoms with Crippen LogP contribution in [0.15, 0.2) is 60.8 Å². The molecule has 4 rings (SSSR count). The molecule has 1 saturated heterocycles. The van der Waals surface area contributed by atoms with Gasteiger partial charge in [0.1, 0.15) is 12.0 Å². The van der Waals surface area contributed by atoms with Crippen LogP contribution in [-0.4, -0.2) is 33.3 Å². The Kier molecular flexibility index (Phi) is 5.81. The monoisotopic (exact) mass is 420 g/mol.